The molecule has 0 radical (unpaired) electrons. The lowest BCUT2D eigenvalue weighted by Crippen LogP contribution is -2.51. The number of carbonyl (C=O) groups is 1. The highest BCUT2D eigenvalue weighted by atomic mass is 35.5. The topological polar surface area (TPSA) is 47.6 Å². The normalized spacial score (nSPS) is 28.2. The Labute approximate surface area is 102 Å². The summed E-state index contributed by atoms with van der Waals surface area (Å²) in [7, 11) is 1.48. The number of carbonyl (C=O) groups excluding carboxylic acids is 1. The molecule has 0 aliphatic carbocycles. The van der Waals surface area contributed by atoms with E-state index in [2.05, 4.69) is 5.32 Å². The van der Waals surface area contributed by atoms with Crippen LogP contribution in [0.25, 0.3) is 0 Å². The molecule has 0 saturated carbocycles. The molecule has 0 bridgehead atoms. The molecule has 0 aromatic rings. The van der Waals surface area contributed by atoms with Gasteiger partial charge in [0, 0.05) is 19.8 Å². The number of piperidine rings is 1. The third-order valence-electron chi connectivity index (χ3n) is 3.86. The Hall–Kier alpha value is -0.320. The highest BCUT2D eigenvalue weighted by Crippen LogP contribution is 2.43. The number of methoxy groups -OCH3 is 1. The summed E-state index contributed by atoms with van der Waals surface area (Å²) >= 11 is 0. The molecule has 4 nitrogen and oxygen atoms in total. The summed E-state index contributed by atoms with van der Waals surface area (Å²) in [6, 6.07) is 0. The molecule has 94 valence electrons. The van der Waals surface area contributed by atoms with Gasteiger partial charge in [0.2, 0.25) is 0 Å². The van der Waals surface area contributed by atoms with Gasteiger partial charge in [-0.25, -0.2) is 0 Å². The Balaban J connectivity index is 0.00000128. The molecular formula is C11H20ClNO3. The maximum atomic E-state index is 11.7. The lowest BCUT2D eigenvalue weighted by Gasteiger charge is -2.45. The van der Waals surface area contributed by atoms with Gasteiger partial charge in [0.1, 0.15) is 0 Å². The first-order valence-electron chi connectivity index (χ1n) is 5.65. The van der Waals surface area contributed by atoms with Crippen LogP contribution in [0.15, 0.2) is 0 Å². The van der Waals surface area contributed by atoms with Crippen LogP contribution >= 0.6 is 12.4 Å². The number of esters is 1. The van der Waals surface area contributed by atoms with Crippen molar-refractivity contribution in [2.45, 2.75) is 19.3 Å². The molecule has 2 heterocycles. The van der Waals surface area contributed by atoms with Gasteiger partial charge in [-0.1, -0.05) is 0 Å². The Morgan fingerprint density at radius 2 is 2.06 bits per heavy atom. The summed E-state index contributed by atoms with van der Waals surface area (Å²) in [6.07, 6.45) is 3.05. The summed E-state index contributed by atoms with van der Waals surface area (Å²) in [5.74, 6) is -0.0516. The van der Waals surface area contributed by atoms with Gasteiger partial charge >= 0.3 is 5.97 Å². The maximum absolute atomic E-state index is 11.7. The van der Waals surface area contributed by atoms with E-state index in [0.29, 0.717) is 0 Å². The van der Waals surface area contributed by atoms with Gasteiger partial charge in [-0.15, -0.1) is 12.4 Å². The lowest BCUT2D eigenvalue weighted by molar-refractivity contribution is -0.155. The number of nitrogens with one attached hydrogen (secondary N) is 1. The van der Waals surface area contributed by atoms with Crippen molar-refractivity contribution in [2.24, 2.45) is 11.3 Å². The average Bonchev–Trinajstić information content (AvgIpc) is 2.30. The van der Waals surface area contributed by atoms with Crippen molar-refractivity contribution in [3.8, 4) is 0 Å². The molecule has 2 fully saturated rings. The van der Waals surface area contributed by atoms with Gasteiger partial charge in [0.15, 0.2) is 0 Å². The zero-order valence-electron chi connectivity index (χ0n) is 9.66. The van der Waals surface area contributed by atoms with E-state index < -0.39 is 0 Å². The van der Waals surface area contributed by atoms with Crippen molar-refractivity contribution in [2.75, 3.05) is 33.4 Å². The highest BCUT2D eigenvalue weighted by Gasteiger charge is 2.45. The van der Waals surface area contributed by atoms with Crippen LogP contribution in [0.5, 0.6) is 0 Å². The minimum absolute atomic E-state index is 0. The fourth-order valence-electron chi connectivity index (χ4n) is 2.83. The van der Waals surface area contributed by atoms with E-state index in [1.807, 2.05) is 0 Å². The van der Waals surface area contributed by atoms with E-state index in [4.69, 9.17) is 9.47 Å². The third-order valence-corrected chi connectivity index (χ3v) is 3.86. The smallest absolute Gasteiger partial charge is 0.310 e. The molecule has 16 heavy (non-hydrogen) atoms. The minimum Gasteiger partial charge on any atom is -0.469 e. The van der Waals surface area contributed by atoms with E-state index in [1.54, 1.807) is 0 Å². The molecule has 1 atom stereocenters. The number of halogens is 1. The predicted molar refractivity (Wildman–Crippen MR) is 62.7 cm³/mol. The minimum atomic E-state index is -0.0656. The van der Waals surface area contributed by atoms with Gasteiger partial charge in [0.05, 0.1) is 13.0 Å². The number of rotatable bonds is 1. The van der Waals surface area contributed by atoms with Crippen LogP contribution in [0, 0.1) is 11.3 Å². The summed E-state index contributed by atoms with van der Waals surface area (Å²) in [4.78, 5) is 11.7. The summed E-state index contributed by atoms with van der Waals surface area (Å²) < 4.78 is 10.3. The van der Waals surface area contributed by atoms with E-state index in [0.717, 1.165) is 45.6 Å². The second kappa shape index (κ2) is 5.84. The monoisotopic (exact) mass is 249 g/mol. The standard InChI is InChI=1S/C11H19NO3.ClH/c1-14-10(13)9-8-12-5-2-11(9)3-6-15-7-4-11;/h9,12H,2-8H2,1H3;1H. The molecule has 2 saturated heterocycles. The van der Waals surface area contributed by atoms with E-state index >= 15 is 0 Å². The van der Waals surface area contributed by atoms with Crippen LogP contribution in [-0.4, -0.2) is 39.4 Å². The van der Waals surface area contributed by atoms with Crippen LogP contribution in [0.2, 0.25) is 0 Å². The first-order chi connectivity index (χ1) is 7.28. The van der Waals surface area contributed by atoms with Crippen molar-refractivity contribution >= 4 is 18.4 Å². The molecule has 2 aliphatic rings. The van der Waals surface area contributed by atoms with Crippen LogP contribution in [0.3, 0.4) is 0 Å². The van der Waals surface area contributed by atoms with Crippen molar-refractivity contribution in [1.29, 1.82) is 0 Å². The Morgan fingerprint density at radius 3 is 2.69 bits per heavy atom. The molecule has 1 spiro atoms. The van der Waals surface area contributed by atoms with Crippen LogP contribution in [0.1, 0.15) is 19.3 Å². The quantitative estimate of drug-likeness (QED) is 0.704. The Kier molecular flexibility index (Phi) is 5.02. The van der Waals surface area contributed by atoms with Gasteiger partial charge in [-0.2, -0.15) is 0 Å². The maximum Gasteiger partial charge on any atom is 0.310 e. The summed E-state index contributed by atoms with van der Waals surface area (Å²) in [5.41, 5.74) is 0.136. The summed E-state index contributed by atoms with van der Waals surface area (Å²) in [6.45, 7) is 3.33. The molecule has 1 N–H and O–H groups in total. The fourth-order valence-corrected chi connectivity index (χ4v) is 2.83. The Bertz CT molecular complexity index is 233. The second-order valence-electron chi connectivity index (χ2n) is 4.50. The van der Waals surface area contributed by atoms with Crippen molar-refractivity contribution in [1.82, 2.24) is 5.32 Å². The highest BCUT2D eigenvalue weighted by molar-refractivity contribution is 5.85. The largest absolute Gasteiger partial charge is 0.469 e. The van der Waals surface area contributed by atoms with Crippen LogP contribution < -0.4 is 5.32 Å². The van der Waals surface area contributed by atoms with E-state index in [1.165, 1.54) is 7.11 Å². The predicted octanol–water partition coefficient (Wildman–Crippen LogP) is 0.987. The molecule has 1 unspecified atom stereocenters. The third kappa shape index (κ3) is 2.50. The molecule has 5 heteroatoms. The Morgan fingerprint density at radius 1 is 1.38 bits per heavy atom. The van der Waals surface area contributed by atoms with Crippen LogP contribution in [-0.2, 0) is 14.3 Å². The molecule has 0 aromatic carbocycles. The van der Waals surface area contributed by atoms with Gasteiger partial charge in [-0.05, 0) is 31.2 Å². The fraction of sp³-hybridized carbons (Fsp3) is 0.909. The van der Waals surface area contributed by atoms with Gasteiger partial charge in [0.25, 0.3) is 0 Å². The first-order valence-corrected chi connectivity index (χ1v) is 5.65. The summed E-state index contributed by atoms with van der Waals surface area (Å²) in [5, 5.41) is 3.28. The van der Waals surface area contributed by atoms with E-state index in [-0.39, 0.29) is 29.7 Å². The average molecular weight is 250 g/mol. The zero-order valence-corrected chi connectivity index (χ0v) is 10.5. The molecule has 0 amide bonds. The lowest BCUT2D eigenvalue weighted by atomic mass is 9.66. The SMILES string of the molecule is COC(=O)C1CNCCC12CCOCC2.Cl. The molecule has 2 aliphatic heterocycles. The first kappa shape index (κ1) is 13.7. The zero-order chi connectivity index (χ0) is 10.7. The van der Waals surface area contributed by atoms with Gasteiger partial charge in [-0.3, -0.25) is 4.79 Å². The van der Waals surface area contributed by atoms with Gasteiger partial charge < -0.3 is 14.8 Å². The number of ether oxygens (including phenoxy) is 2. The number of hydrogen-bond acceptors (Lipinski definition) is 4. The van der Waals surface area contributed by atoms with Crippen molar-refractivity contribution < 1.29 is 14.3 Å². The second-order valence-corrected chi connectivity index (χ2v) is 4.50. The molecular weight excluding hydrogens is 230 g/mol. The van der Waals surface area contributed by atoms with Crippen molar-refractivity contribution in [3.05, 3.63) is 0 Å². The molecule has 0 aromatic heterocycles. The number of hydrogen-bond donors (Lipinski definition) is 1. The van der Waals surface area contributed by atoms with Crippen molar-refractivity contribution in [3.63, 3.8) is 0 Å². The van der Waals surface area contributed by atoms with Crippen LogP contribution in [0.4, 0.5) is 0 Å². The molecule has 2 rings (SSSR count). The van der Waals surface area contributed by atoms with E-state index in [9.17, 15) is 4.79 Å².